The molecule has 7 nitrogen and oxygen atoms in total. The fraction of sp³-hybridized carbons (Fsp3) is 0.0526. The number of methoxy groups -OCH3 is 1. The van der Waals surface area contributed by atoms with Crippen LogP contribution in [0, 0.1) is 0 Å². The lowest BCUT2D eigenvalue weighted by molar-refractivity contribution is 0.415. The number of ether oxygens (including phenoxy) is 1. The molecular weight excluding hydrogens is 400 g/mol. The van der Waals surface area contributed by atoms with Gasteiger partial charge in [-0.25, -0.2) is 22.0 Å². The van der Waals surface area contributed by atoms with Crippen LogP contribution < -0.4 is 14.6 Å². The van der Waals surface area contributed by atoms with E-state index in [1.54, 1.807) is 37.4 Å². The summed E-state index contributed by atoms with van der Waals surface area (Å²) in [7, 11) is -6.58. The van der Waals surface area contributed by atoms with Crippen LogP contribution >= 0.6 is 0 Å². The Bertz CT molecular complexity index is 1230. The SMILES string of the molecule is COc1cccc(-c2cccc(S(=O)(=O)Nc3ccccc3S(N)(=O)=O)c2)c1.[HH]. The van der Waals surface area contributed by atoms with Gasteiger partial charge >= 0.3 is 0 Å². The Kier molecular flexibility index (Phi) is 5.41. The van der Waals surface area contributed by atoms with Gasteiger partial charge in [-0.2, -0.15) is 0 Å². The first kappa shape index (κ1) is 19.9. The number of sulfonamides is 2. The lowest BCUT2D eigenvalue weighted by Gasteiger charge is -2.12. The Labute approximate surface area is 165 Å². The molecule has 0 spiro atoms. The van der Waals surface area contributed by atoms with E-state index in [2.05, 4.69) is 4.72 Å². The summed E-state index contributed by atoms with van der Waals surface area (Å²) in [4.78, 5) is -0.320. The molecule has 148 valence electrons. The standard InChI is InChI=1S/C19H18N2O5S2.H2/c1-26-16-8-4-6-14(12-16)15-7-5-9-17(13-15)28(24,25)21-18-10-2-3-11-19(18)27(20,22)23;/h2-13,21H,1H3,(H2,20,22,23);1H. The molecule has 0 radical (unpaired) electrons. The number of para-hydroxylation sites is 1. The van der Waals surface area contributed by atoms with Gasteiger partial charge in [-0.3, -0.25) is 4.72 Å². The first-order chi connectivity index (χ1) is 13.2. The third kappa shape index (κ3) is 4.33. The van der Waals surface area contributed by atoms with Crippen LogP contribution in [0.15, 0.2) is 82.6 Å². The zero-order valence-corrected chi connectivity index (χ0v) is 16.5. The van der Waals surface area contributed by atoms with Gasteiger partial charge in [-0.05, 0) is 47.5 Å². The van der Waals surface area contributed by atoms with Crippen LogP contribution in [0.1, 0.15) is 1.43 Å². The molecule has 0 aliphatic carbocycles. The van der Waals surface area contributed by atoms with Gasteiger partial charge in [0.2, 0.25) is 10.0 Å². The first-order valence-corrected chi connectivity index (χ1v) is 11.1. The van der Waals surface area contributed by atoms with E-state index in [0.29, 0.717) is 11.3 Å². The van der Waals surface area contributed by atoms with Crippen molar-refractivity contribution in [2.24, 2.45) is 5.14 Å². The lowest BCUT2D eigenvalue weighted by Crippen LogP contribution is -2.18. The largest absolute Gasteiger partial charge is 0.497 e. The maximum Gasteiger partial charge on any atom is 0.261 e. The Morgan fingerprint density at radius 3 is 2.18 bits per heavy atom. The first-order valence-electron chi connectivity index (χ1n) is 8.10. The van der Waals surface area contributed by atoms with Crippen molar-refractivity contribution >= 4 is 25.7 Å². The highest BCUT2D eigenvalue weighted by molar-refractivity contribution is 7.93. The monoisotopic (exact) mass is 420 g/mol. The summed E-state index contributed by atoms with van der Waals surface area (Å²) in [6.07, 6.45) is 0. The van der Waals surface area contributed by atoms with E-state index in [1.807, 2.05) is 6.07 Å². The normalized spacial score (nSPS) is 11.8. The van der Waals surface area contributed by atoms with E-state index >= 15 is 0 Å². The molecule has 0 bridgehead atoms. The zero-order valence-electron chi connectivity index (χ0n) is 14.9. The summed E-state index contributed by atoms with van der Waals surface area (Å²) < 4.78 is 56.5. The van der Waals surface area contributed by atoms with Crippen molar-refractivity contribution in [3.05, 3.63) is 72.8 Å². The minimum absolute atomic E-state index is 0. The average Bonchev–Trinajstić information content (AvgIpc) is 2.67. The smallest absolute Gasteiger partial charge is 0.261 e. The van der Waals surface area contributed by atoms with Crippen LogP contribution in [0.4, 0.5) is 5.69 Å². The number of nitrogens with two attached hydrogens (primary N) is 1. The topological polar surface area (TPSA) is 116 Å². The number of primary sulfonamides is 1. The molecule has 9 heteroatoms. The molecule has 28 heavy (non-hydrogen) atoms. The Morgan fingerprint density at radius 2 is 1.50 bits per heavy atom. The summed E-state index contributed by atoms with van der Waals surface area (Å²) in [6, 6.07) is 19.0. The van der Waals surface area contributed by atoms with Gasteiger partial charge < -0.3 is 4.74 Å². The summed E-state index contributed by atoms with van der Waals surface area (Å²) in [6.45, 7) is 0. The van der Waals surface area contributed by atoms with Gasteiger partial charge in [0.25, 0.3) is 10.0 Å². The van der Waals surface area contributed by atoms with Gasteiger partial charge in [-0.15, -0.1) is 0 Å². The molecule has 0 heterocycles. The molecule has 0 saturated carbocycles. The molecule has 3 rings (SSSR count). The van der Waals surface area contributed by atoms with E-state index in [4.69, 9.17) is 9.88 Å². The quantitative estimate of drug-likeness (QED) is 0.636. The van der Waals surface area contributed by atoms with Crippen LogP contribution in [0.2, 0.25) is 0 Å². The number of nitrogens with one attached hydrogen (secondary N) is 1. The molecule has 0 aliphatic rings. The second-order valence-corrected chi connectivity index (χ2v) is 9.12. The molecular formula is C19H20N2O5S2. The van der Waals surface area contributed by atoms with E-state index in [1.165, 1.54) is 36.4 Å². The molecule has 0 aliphatic heterocycles. The second kappa shape index (κ2) is 7.63. The van der Waals surface area contributed by atoms with Crippen LogP contribution in [0.5, 0.6) is 5.75 Å². The van der Waals surface area contributed by atoms with Crippen molar-refractivity contribution in [3.63, 3.8) is 0 Å². The van der Waals surface area contributed by atoms with Crippen molar-refractivity contribution in [1.82, 2.24) is 0 Å². The van der Waals surface area contributed by atoms with Gasteiger partial charge in [0.15, 0.2) is 0 Å². The molecule has 0 unspecified atom stereocenters. The second-order valence-electron chi connectivity index (χ2n) is 5.91. The van der Waals surface area contributed by atoms with Crippen molar-refractivity contribution in [2.75, 3.05) is 11.8 Å². The third-order valence-corrected chi connectivity index (χ3v) is 6.32. The number of benzene rings is 3. The minimum Gasteiger partial charge on any atom is -0.497 e. The summed E-state index contributed by atoms with van der Waals surface area (Å²) >= 11 is 0. The van der Waals surface area contributed by atoms with E-state index in [-0.39, 0.29) is 16.9 Å². The van der Waals surface area contributed by atoms with Gasteiger partial charge in [0.1, 0.15) is 10.6 Å². The molecule has 0 atom stereocenters. The Hall–Kier alpha value is -2.88. The summed E-state index contributed by atoms with van der Waals surface area (Å²) in [5.74, 6) is 0.644. The van der Waals surface area contributed by atoms with Crippen molar-refractivity contribution < 1.29 is 23.0 Å². The molecule has 0 fully saturated rings. The third-order valence-electron chi connectivity index (χ3n) is 3.99. The number of anilines is 1. The van der Waals surface area contributed by atoms with Crippen LogP contribution in [0.3, 0.4) is 0 Å². The van der Waals surface area contributed by atoms with Crippen LogP contribution in [-0.2, 0) is 20.0 Å². The van der Waals surface area contributed by atoms with Crippen molar-refractivity contribution in [2.45, 2.75) is 9.79 Å². The predicted octanol–water partition coefficient (Wildman–Crippen LogP) is 3.06. The summed E-state index contributed by atoms with van der Waals surface area (Å²) in [5, 5.41) is 5.17. The molecule has 0 aromatic heterocycles. The zero-order chi connectivity index (χ0) is 20.4. The average molecular weight is 421 g/mol. The van der Waals surface area contributed by atoms with Gasteiger partial charge in [0, 0.05) is 1.43 Å². The fourth-order valence-corrected chi connectivity index (χ4v) is 4.53. The van der Waals surface area contributed by atoms with Crippen LogP contribution in [-0.4, -0.2) is 23.9 Å². The highest BCUT2D eigenvalue weighted by Crippen LogP contribution is 2.28. The lowest BCUT2D eigenvalue weighted by atomic mass is 10.1. The van der Waals surface area contributed by atoms with E-state index in [0.717, 1.165) is 5.56 Å². The van der Waals surface area contributed by atoms with Gasteiger partial charge in [0.05, 0.1) is 17.7 Å². The maximum absolute atomic E-state index is 12.8. The van der Waals surface area contributed by atoms with E-state index < -0.39 is 20.0 Å². The number of hydrogen-bond acceptors (Lipinski definition) is 5. The highest BCUT2D eigenvalue weighted by Gasteiger charge is 2.20. The summed E-state index contributed by atoms with van der Waals surface area (Å²) in [5.41, 5.74) is 1.33. The maximum atomic E-state index is 12.8. The molecule has 3 N–H and O–H groups in total. The fourth-order valence-electron chi connectivity index (χ4n) is 2.65. The molecule has 3 aromatic carbocycles. The van der Waals surface area contributed by atoms with Crippen molar-refractivity contribution in [1.29, 1.82) is 0 Å². The van der Waals surface area contributed by atoms with Gasteiger partial charge in [-0.1, -0.05) is 36.4 Å². The molecule has 3 aromatic rings. The highest BCUT2D eigenvalue weighted by atomic mass is 32.2. The predicted molar refractivity (Wildman–Crippen MR) is 109 cm³/mol. The Balaban J connectivity index is 0.00000300. The van der Waals surface area contributed by atoms with Crippen molar-refractivity contribution in [3.8, 4) is 16.9 Å². The van der Waals surface area contributed by atoms with E-state index in [9.17, 15) is 16.8 Å². The number of rotatable bonds is 6. The molecule has 0 saturated heterocycles. The number of hydrogen-bond donors (Lipinski definition) is 2. The Morgan fingerprint density at radius 1 is 0.857 bits per heavy atom. The molecule has 0 amide bonds. The van der Waals surface area contributed by atoms with Crippen LogP contribution in [0.25, 0.3) is 11.1 Å². The minimum atomic E-state index is -4.09.